The maximum atomic E-state index is 13.5. The Morgan fingerprint density at radius 3 is 2.80 bits per heavy atom. The first-order chi connectivity index (χ1) is 12.2. The molecular formula is C20H28N4O. The molecule has 0 saturated carbocycles. The molecule has 134 valence electrons. The van der Waals surface area contributed by atoms with Gasteiger partial charge in [-0.3, -0.25) is 4.79 Å². The van der Waals surface area contributed by atoms with Gasteiger partial charge in [-0.15, -0.1) is 0 Å². The van der Waals surface area contributed by atoms with Crippen LogP contribution in [-0.4, -0.2) is 31.5 Å². The average Bonchev–Trinajstić information content (AvgIpc) is 3.09. The molecule has 0 aliphatic carbocycles. The smallest absolute Gasteiger partial charge is 0.274 e. The summed E-state index contributed by atoms with van der Waals surface area (Å²) in [6.07, 6.45) is 9.90. The lowest BCUT2D eigenvalue weighted by atomic mass is 10.0. The van der Waals surface area contributed by atoms with Crippen molar-refractivity contribution in [1.29, 1.82) is 0 Å². The molecule has 0 unspecified atom stereocenters. The molecule has 1 atom stereocenters. The SMILES string of the molecule is Cc1nc(C(=O)N2CCCCC[C@H]2c2cccn2C)c2n1CCCC2. The van der Waals surface area contributed by atoms with Crippen LogP contribution in [0, 0.1) is 6.92 Å². The average molecular weight is 340 g/mol. The Hall–Kier alpha value is -2.04. The summed E-state index contributed by atoms with van der Waals surface area (Å²) < 4.78 is 4.41. The van der Waals surface area contributed by atoms with E-state index in [1.807, 2.05) is 6.92 Å². The molecule has 25 heavy (non-hydrogen) atoms. The van der Waals surface area contributed by atoms with Gasteiger partial charge in [-0.05, 0) is 51.2 Å². The number of aryl methyl sites for hydroxylation is 2. The highest BCUT2D eigenvalue weighted by molar-refractivity contribution is 5.94. The van der Waals surface area contributed by atoms with E-state index in [4.69, 9.17) is 4.98 Å². The molecule has 2 aromatic rings. The Morgan fingerprint density at radius 1 is 1.16 bits per heavy atom. The van der Waals surface area contributed by atoms with Gasteiger partial charge in [-0.2, -0.15) is 0 Å². The van der Waals surface area contributed by atoms with E-state index in [0.717, 1.165) is 50.3 Å². The first-order valence-corrected chi connectivity index (χ1v) is 9.65. The van der Waals surface area contributed by atoms with Gasteiger partial charge in [0.15, 0.2) is 0 Å². The topological polar surface area (TPSA) is 43.1 Å². The maximum Gasteiger partial charge on any atom is 0.274 e. The summed E-state index contributed by atoms with van der Waals surface area (Å²) in [4.78, 5) is 20.3. The lowest BCUT2D eigenvalue weighted by Gasteiger charge is -2.30. The zero-order chi connectivity index (χ0) is 17.4. The van der Waals surface area contributed by atoms with Crippen LogP contribution < -0.4 is 0 Å². The summed E-state index contributed by atoms with van der Waals surface area (Å²) in [6, 6.07) is 4.40. The largest absolute Gasteiger partial charge is 0.353 e. The molecule has 2 aliphatic heterocycles. The van der Waals surface area contributed by atoms with Crippen LogP contribution >= 0.6 is 0 Å². The van der Waals surface area contributed by atoms with Crippen LogP contribution in [0.4, 0.5) is 0 Å². The second kappa shape index (κ2) is 6.70. The lowest BCUT2D eigenvalue weighted by molar-refractivity contribution is 0.0667. The number of aromatic nitrogens is 3. The number of imidazole rings is 1. The molecular weight excluding hydrogens is 312 g/mol. The van der Waals surface area contributed by atoms with Gasteiger partial charge in [0.25, 0.3) is 5.91 Å². The van der Waals surface area contributed by atoms with Crippen molar-refractivity contribution in [2.24, 2.45) is 7.05 Å². The fourth-order valence-electron chi connectivity index (χ4n) is 4.51. The van der Waals surface area contributed by atoms with E-state index < -0.39 is 0 Å². The van der Waals surface area contributed by atoms with E-state index in [1.165, 1.54) is 25.0 Å². The summed E-state index contributed by atoms with van der Waals surface area (Å²) in [6.45, 7) is 3.87. The van der Waals surface area contributed by atoms with Crippen LogP contribution in [-0.2, 0) is 20.0 Å². The minimum Gasteiger partial charge on any atom is -0.353 e. The third-order valence-corrected chi connectivity index (χ3v) is 5.85. The second-order valence-corrected chi connectivity index (χ2v) is 7.47. The summed E-state index contributed by atoms with van der Waals surface area (Å²) in [5.41, 5.74) is 3.10. The minimum atomic E-state index is 0.131. The third-order valence-electron chi connectivity index (χ3n) is 5.85. The number of carbonyl (C=O) groups excluding carboxylic acids is 1. The summed E-state index contributed by atoms with van der Waals surface area (Å²) in [5.74, 6) is 1.12. The number of amides is 1. The number of fused-ring (bicyclic) bond motifs is 1. The predicted molar refractivity (Wildman–Crippen MR) is 97.6 cm³/mol. The molecule has 4 rings (SSSR count). The Labute approximate surface area is 149 Å². The van der Waals surface area contributed by atoms with Crippen molar-refractivity contribution in [1.82, 2.24) is 19.0 Å². The van der Waals surface area contributed by atoms with Crippen LogP contribution in [0.5, 0.6) is 0 Å². The van der Waals surface area contributed by atoms with Crippen LogP contribution in [0.25, 0.3) is 0 Å². The fraction of sp³-hybridized carbons (Fsp3) is 0.600. The molecule has 4 heterocycles. The van der Waals surface area contributed by atoms with Crippen LogP contribution in [0.3, 0.4) is 0 Å². The van der Waals surface area contributed by atoms with Crippen molar-refractivity contribution in [2.45, 2.75) is 64.5 Å². The van der Waals surface area contributed by atoms with Gasteiger partial charge < -0.3 is 14.0 Å². The Kier molecular flexibility index (Phi) is 4.40. The molecule has 1 saturated heterocycles. The van der Waals surface area contributed by atoms with E-state index in [0.29, 0.717) is 5.69 Å². The molecule has 2 aliphatic rings. The number of hydrogen-bond acceptors (Lipinski definition) is 2. The number of likely N-dealkylation sites (tertiary alicyclic amines) is 1. The normalized spacial score (nSPS) is 21.0. The first-order valence-electron chi connectivity index (χ1n) is 9.65. The van der Waals surface area contributed by atoms with Crippen molar-refractivity contribution in [3.63, 3.8) is 0 Å². The summed E-state index contributed by atoms with van der Waals surface area (Å²) in [7, 11) is 2.07. The monoisotopic (exact) mass is 340 g/mol. The van der Waals surface area contributed by atoms with Crippen molar-refractivity contribution in [2.75, 3.05) is 6.54 Å². The Balaban J connectivity index is 1.70. The number of rotatable bonds is 2. The highest BCUT2D eigenvalue weighted by atomic mass is 16.2. The maximum absolute atomic E-state index is 13.5. The van der Waals surface area contributed by atoms with Gasteiger partial charge in [0.1, 0.15) is 11.5 Å². The molecule has 5 nitrogen and oxygen atoms in total. The quantitative estimate of drug-likeness (QED) is 0.838. The van der Waals surface area contributed by atoms with E-state index in [-0.39, 0.29) is 11.9 Å². The van der Waals surface area contributed by atoms with Gasteiger partial charge >= 0.3 is 0 Å². The van der Waals surface area contributed by atoms with Crippen LogP contribution in [0.1, 0.15) is 72.3 Å². The van der Waals surface area contributed by atoms with Gasteiger partial charge in [-0.1, -0.05) is 12.8 Å². The molecule has 0 bridgehead atoms. The van der Waals surface area contributed by atoms with E-state index in [9.17, 15) is 4.79 Å². The van der Waals surface area contributed by atoms with E-state index >= 15 is 0 Å². The van der Waals surface area contributed by atoms with E-state index in [2.05, 4.69) is 39.4 Å². The molecule has 1 fully saturated rings. The molecule has 0 spiro atoms. The van der Waals surface area contributed by atoms with Crippen molar-refractivity contribution >= 4 is 5.91 Å². The van der Waals surface area contributed by atoms with Crippen molar-refractivity contribution in [3.05, 3.63) is 41.2 Å². The van der Waals surface area contributed by atoms with Crippen LogP contribution in [0.2, 0.25) is 0 Å². The zero-order valence-electron chi connectivity index (χ0n) is 15.4. The molecule has 0 radical (unpaired) electrons. The van der Waals surface area contributed by atoms with Crippen molar-refractivity contribution < 1.29 is 4.79 Å². The van der Waals surface area contributed by atoms with Crippen molar-refractivity contribution in [3.8, 4) is 0 Å². The zero-order valence-corrected chi connectivity index (χ0v) is 15.4. The predicted octanol–water partition coefficient (Wildman–Crippen LogP) is 3.62. The van der Waals surface area contributed by atoms with Gasteiger partial charge in [-0.25, -0.2) is 4.98 Å². The minimum absolute atomic E-state index is 0.131. The first kappa shape index (κ1) is 16.4. The molecule has 0 aromatic carbocycles. The standard InChI is InChI=1S/C20H28N4O/c1-15-21-19(18-10-5-7-13-23(15)18)20(25)24-14-6-3-4-9-17(24)16-11-8-12-22(16)2/h8,11-12,17H,3-7,9-10,13-14H2,1-2H3/t17-/m0/s1. The van der Waals surface area contributed by atoms with Crippen LogP contribution in [0.15, 0.2) is 18.3 Å². The molecule has 1 amide bonds. The number of nitrogens with zero attached hydrogens (tertiary/aromatic N) is 4. The van der Waals surface area contributed by atoms with Gasteiger partial charge in [0, 0.05) is 32.0 Å². The Morgan fingerprint density at radius 2 is 2.00 bits per heavy atom. The molecule has 2 aromatic heterocycles. The van der Waals surface area contributed by atoms with Gasteiger partial charge in [0.05, 0.1) is 11.7 Å². The second-order valence-electron chi connectivity index (χ2n) is 7.47. The third kappa shape index (κ3) is 2.90. The fourth-order valence-corrected chi connectivity index (χ4v) is 4.51. The lowest BCUT2D eigenvalue weighted by Crippen LogP contribution is -2.36. The summed E-state index contributed by atoms with van der Waals surface area (Å²) >= 11 is 0. The highest BCUT2D eigenvalue weighted by Crippen LogP contribution is 2.32. The molecule has 0 N–H and O–H groups in total. The Bertz CT molecular complexity index is 773. The summed E-state index contributed by atoms with van der Waals surface area (Å²) in [5, 5.41) is 0. The molecule has 5 heteroatoms. The number of hydrogen-bond donors (Lipinski definition) is 0. The highest BCUT2D eigenvalue weighted by Gasteiger charge is 2.32. The number of carbonyl (C=O) groups is 1. The van der Waals surface area contributed by atoms with Gasteiger partial charge in [0.2, 0.25) is 0 Å². The van der Waals surface area contributed by atoms with E-state index in [1.54, 1.807) is 0 Å².